The summed E-state index contributed by atoms with van der Waals surface area (Å²) in [5, 5.41) is 11.2. The van der Waals surface area contributed by atoms with E-state index in [1.807, 2.05) is 13.8 Å². The van der Waals surface area contributed by atoms with Crippen molar-refractivity contribution in [2.24, 2.45) is 33.5 Å². The van der Waals surface area contributed by atoms with Gasteiger partial charge in [-0.3, -0.25) is 14.4 Å². The van der Waals surface area contributed by atoms with E-state index >= 15 is 0 Å². The average Bonchev–Trinajstić information content (AvgIpc) is 2.81. The molecule has 5 aliphatic carbocycles. The predicted octanol–water partition coefficient (Wildman–Crippen LogP) is 1.85. The Labute approximate surface area is 165 Å². The summed E-state index contributed by atoms with van der Waals surface area (Å²) in [5.74, 6) is -0.608. The van der Waals surface area contributed by atoms with Gasteiger partial charge in [-0.2, -0.15) is 0 Å². The summed E-state index contributed by atoms with van der Waals surface area (Å²) in [4.78, 5) is 35.4. The van der Waals surface area contributed by atoms with Gasteiger partial charge >= 0.3 is 17.9 Å². The number of rotatable bonds is 4. The van der Waals surface area contributed by atoms with Crippen LogP contribution in [0.5, 0.6) is 0 Å². The largest absolute Gasteiger partial charge is 0.465 e. The van der Waals surface area contributed by atoms with Crippen LogP contribution < -0.4 is 0 Å². The van der Waals surface area contributed by atoms with Gasteiger partial charge in [0.25, 0.3) is 0 Å². The van der Waals surface area contributed by atoms with Gasteiger partial charge in [-0.15, -0.1) is 0 Å². The van der Waals surface area contributed by atoms with Gasteiger partial charge in [0.2, 0.25) is 0 Å². The fourth-order valence-electron chi connectivity index (χ4n) is 8.00. The maximum absolute atomic E-state index is 12.0. The molecule has 7 nitrogen and oxygen atoms in total. The molecule has 156 valence electrons. The van der Waals surface area contributed by atoms with Gasteiger partial charge < -0.3 is 19.3 Å². The van der Waals surface area contributed by atoms with E-state index in [1.54, 1.807) is 0 Å². The van der Waals surface area contributed by atoms with Crippen LogP contribution in [0.2, 0.25) is 0 Å². The van der Waals surface area contributed by atoms with Crippen LogP contribution in [0.25, 0.3) is 0 Å². The number of hydrogen-bond acceptors (Lipinski definition) is 7. The second kappa shape index (κ2) is 5.49. The molecule has 0 heterocycles. The van der Waals surface area contributed by atoms with Crippen molar-refractivity contribution in [3.05, 3.63) is 0 Å². The minimum atomic E-state index is -0.903. The Bertz CT molecular complexity index is 760. The second-order valence-corrected chi connectivity index (χ2v) is 10.1. The molecule has 7 heteroatoms. The highest BCUT2D eigenvalue weighted by molar-refractivity contribution is 5.68. The van der Waals surface area contributed by atoms with E-state index in [-0.39, 0.29) is 36.0 Å². The van der Waals surface area contributed by atoms with E-state index in [0.717, 1.165) is 6.42 Å². The molecule has 5 saturated carbocycles. The van der Waals surface area contributed by atoms with Gasteiger partial charge in [-0.25, -0.2) is 0 Å². The third-order valence-corrected chi connectivity index (χ3v) is 8.74. The Balaban J connectivity index is 1.86. The van der Waals surface area contributed by atoms with E-state index in [4.69, 9.17) is 14.2 Å². The van der Waals surface area contributed by atoms with Crippen LogP contribution in [0.3, 0.4) is 0 Å². The smallest absolute Gasteiger partial charge is 0.302 e. The maximum Gasteiger partial charge on any atom is 0.302 e. The highest BCUT2D eigenvalue weighted by atomic mass is 16.6. The predicted molar refractivity (Wildman–Crippen MR) is 96.7 cm³/mol. The highest BCUT2D eigenvalue weighted by Crippen LogP contribution is 2.95. The lowest BCUT2D eigenvalue weighted by Crippen LogP contribution is -2.66. The van der Waals surface area contributed by atoms with Crippen molar-refractivity contribution < 1.29 is 33.7 Å². The standard InChI is InChI=1S/C21H30O7/c1-10(22)26-9-20-8-14(27-11(2)23)16(25)18(4,5)21(20)7-13-15(20)19(13,6)17(21)28-12(3)24/h13-17,25H,7-9H2,1-6H3/t13?,14-,15-,16-,17+,19-,20-,21-/m0/s1. The summed E-state index contributed by atoms with van der Waals surface area (Å²) in [6.45, 7) is 10.4. The van der Waals surface area contributed by atoms with E-state index in [1.165, 1.54) is 20.8 Å². The van der Waals surface area contributed by atoms with E-state index in [0.29, 0.717) is 12.3 Å². The molecule has 0 amide bonds. The van der Waals surface area contributed by atoms with Gasteiger partial charge in [-0.1, -0.05) is 20.8 Å². The van der Waals surface area contributed by atoms with Crippen molar-refractivity contribution in [3.63, 3.8) is 0 Å². The zero-order valence-electron chi connectivity index (χ0n) is 17.4. The molecular weight excluding hydrogens is 364 g/mol. The SMILES string of the molecule is CC(=O)OC[C@]12C[C@H](OC(C)=O)[C@H](O)C(C)(C)[C@@]13CC1[C@H]2[C@@]1(C)[C@H]3OC(C)=O. The molecule has 0 aromatic rings. The van der Waals surface area contributed by atoms with E-state index in [2.05, 4.69) is 6.92 Å². The first-order chi connectivity index (χ1) is 12.9. The molecule has 8 atom stereocenters. The number of hydrogen-bond donors (Lipinski definition) is 1. The number of aliphatic hydroxyl groups excluding tert-OH is 1. The van der Waals surface area contributed by atoms with Crippen LogP contribution in [-0.2, 0) is 28.6 Å². The van der Waals surface area contributed by atoms with Crippen LogP contribution in [-0.4, -0.2) is 47.9 Å². The van der Waals surface area contributed by atoms with Gasteiger partial charge in [0, 0.05) is 42.4 Å². The molecular formula is C21H30O7. The molecule has 5 rings (SSSR count). The number of ether oxygens (including phenoxy) is 3. The van der Waals surface area contributed by atoms with E-state index < -0.39 is 34.4 Å². The highest BCUT2D eigenvalue weighted by Gasteiger charge is 2.96. The lowest BCUT2D eigenvalue weighted by Gasteiger charge is -2.61. The molecule has 5 fully saturated rings. The minimum Gasteiger partial charge on any atom is -0.465 e. The van der Waals surface area contributed by atoms with Crippen LogP contribution in [0.1, 0.15) is 54.4 Å². The van der Waals surface area contributed by atoms with E-state index in [9.17, 15) is 19.5 Å². The van der Waals surface area contributed by atoms with Crippen molar-refractivity contribution in [1.82, 2.24) is 0 Å². The number of carbonyl (C=O) groups is 3. The zero-order valence-corrected chi connectivity index (χ0v) is 17.4. The Kier molecular flexibility index (Phi) is 3.86. The summed E-state index contributed by atoms with van der Waals surface area (Å²) >= 11 is 0. The fraction of sp³-hybridized carbons (Fsp3) is 0.857. The Hall–Kier alpha value is -1.63. The number of carbonyl (C=O) groups excluding carboxylic acids is 3. The van der Waals surface area contributed by atoms with Crippen LogP contribution in [0.15, 0.2) is 0 Å². The van der Waals surface area contributed by atoms with Crippen molar-refractivity contribution >= 4 is 17.9 Å². The molecule has 28 heavy (non-hydrogen) atoms. The third kappa shape index (κ3) is 1.96. The molecule has 1 spiro atoms. The molecule has 0 aromatic heterocycles. The molecule has 5 aliphatic rings. The Morgan fingerprint density at radius 1 is 0.964 bits per heavy atom. The zero-order chi connectivity index (χ0) is 20.9. The van der Waals surface area contributed by atoms with Gasteiger partial charge in [-0.05, 0) is 24.7 Å². The van der Waals surface area contributed by atoms with Gasteiger partial charge in [0.15, 0.2) is 0 Å². The normalized spacial score (nSPS) is 49.2. The van der Waals surface area contributed by atoms with Crippen molar-refractivity contribution in [1.29, 1.82) is 0 Å². The molecule has 4 bridgehead atoms. The maximum atomic E-state index is 12.0. The second-order valence-electron chi connectivity index (χ2n) is 10.1. The first-order valence-corrected chi connectivity index (χ1v) is 10.0. The number of aliphatic hydroxyl groups is 1. The van der Waals surface area contributed by atoms with Crippen LogP contribution >= 0.6 is 0 Å². The Morgan fingerprint density at radius 2 is 1.57 bits per heavy atom. The quantitative estimate of drug-likeness (QED) is 0.574. The number of esters is 3. The van der Waals surface area contributed by atoms with Crippen molar-refractivity contribution in [2.45, 2.75) is 72.7 Å². The Morgan fingerprint density at radius 3 is 2.11 bits per heavy atom. The third-order valence-electron chi connectivity index (χ3n) is 8.74. The monoisotopic (exact) mass is 394 g/mol. The summed E-state index contributed by atoms with van der Waals surface area (Å²) < 4.78 is 17.0. The molecule has 0 saturated heterocycles. The molecule has 0 aliphatic heterocycles. The fourth-order valence-corrected chi connectivity index (χ4v) is 8.00. The van der Waals surface area contributed by atoms with Crippen LogP contribution in [0, 0.1) is 33.5 Å². The molecule has 0 aromatic carbocycles. The summed E-state index contributed by atoms with van der Waals surface area (Å²) in [7, 11) is 0. The van der Waals surface area contributed by atoms with Crippen LogP contribution in [0.4, 0.5) is 0 Å². The summed E-state index contributed by atoms with van der Waals surface area (Å²) in [6, 6.07) is 0. The summed E-state index contributed by atoms with van der Waals surface area (Å²) in [5.41, 5.74) is -1.94. The topological polar surface area (TPSA) is 99.1 Å². The minimum absolute atomic E-state index is 0.185. The molecule has 1 unspecified atom stereocenters. The molecule has 1 N–H and O–H groups in total. The lowest BCUT2D eigenvalue weighted by molar-refractivity contribution is -0.246. The molecule has 0 radical (unpaired) electrons. The first-order valence-electron chi connectivity index (χ1n) is 10.0. The summed E-state index contributed by atoms with van der Waals surface area (Å²) in [6.07, 6.45) is -0.731. The van der Waals surface area contributed by atoms with Crippen molar-refractivity contribution in [3.8, 4) is 0 Å². The van der Waals surface area contributed by atoms with Crippen molar-refractivity contribution in [2.75, 3.05) is 6.61 Å². The average molecular weight is 394 g/mol. The van der Waals surface area contributed by atoms with Gasteiger partial charge in [0.05, 0.1) is 12.7 Å². The first kappa shape index (κ1) is 19.7. The lowest BCUT2D eigenvalue weighted by atomic mass is 9.46. The van der Waals surface area contributed by atoms with Gasteiger partial charge in [0.1, 0.15) is 12.2 Å².